The lowest BCUT2D eigenvalue weighted by Gasteiger charge is -2.26. The molecule has 0 aromatic heterocycles. The summed E-state index contributed by atoms with van der Waals surface area (Å²) in [4.78, 5) is 32.9. The van der Waals surface area contributed by atoms with E-state index in [0.29, 0.717) is 31.6 Å². The number of likely N-dealkylation sites (tertiary alicyclic amines) is 1. The number of nitrogens with zero attached hydrogens (tertiary/aromatic N) is 2. The number of esters is 1. The van der Waals surface area contributed by atoms with Crippen molar-refractivity contribution in [1.82, 2.24) is 4.90 Å². The van der Waals surface area contributed by atoms with E-state index in [2.05, 4.69) is 18.2 Å². The topological polar surface area (TPSA) is 109 Å². The Balaban J connectivity index is 1.93. The fraction of sp³-hybridized carbons (Fsp3) is 0.536. The van der Waals surface area contributed by atoms with Crippen molar-refractivity contribution >= 4 is 29.2 Å². The van der Waals surface area contributed by atoms with E-state index in [4.69, 9.17) is 21.2 Å². The maximum atomic E-state index is 13.2. The number of carbonyl (C=O) groups is 2. The molecular formula is C28H37ClN2O6. The summed E-state index contributed by atoms with van der Waals surface area (Å²) in [7, 11) is 0. The SMILES string of the molecule is CCCC1C/C=C/C(C)C/C=C/C(=N/OCC(=O)N2CCCCC2)Cc2c(Cl)c(O)cc(O)c2C(=O)O1. The van der Waals surface area contributed by atoms with E-state index >= 15 is 0 Å². The molecule has 1 saturated heterocycles. The first-order valence-corrected chi connectivity index (χ1v) is 13.4. The van der Waals surface area contributed by atoms with Crippen LogP contribution in [0.1, 0.15) is 74.7 Å². The molecule has 37 heavy (non-hydrogen) atoms. The molecule has 2 aliphatic rings. The van der Waals surface area contributed by atoms with E-state index in [1.165, 1.54) is 0 Å². The minimum absolute atomic E-state index is 0.0255. The van der Waals surface area contributed by atoms with Crippen LogP contribution in [0, 0.1) is 5.92 Å². The molecule has 1 aromatic carbocycles. The summed E-state index contributed by atoms with van der Waals surface area (Å²) in [6.45, 7) is 5.32. The van der Waals surface area contributed by atoms with Crippen LogP contribution in [0.4, 0.5) is 0 Å². The molecule has 2 heterocycles. The van der Waals surface area contributed by atoms with Crippen molar-refractivity contribution in [2.45, 2.75) is 71.3 Å². The molecule has 2 aliphatic heterocycles. The Morgan fingerprint density at radius 3 is 2.68 bits per heavy atom. The summed E-state index contributed by atoms with van der Waals surface area (Å²) in [6.07, 6.45) is 13.2. The quantitative estimate of drug-likeness (QED) is 0.292. The van der Waals surface area contributed by atoms with Crippen LogP contribution in [0.5, 0.6) is 11.5 Å². The predicted octanol–water partition coefficient (Wildman–Crippen LogP) is 5.55. The van der Waals surface area contributed by atoms with Gasteiger partial charge in [0.15, 0.2) is 6.61 Å². The van der Waals surface area contributed by atoms with Gasteiger partial charge in [-0.1, -0.05) is 55.3 Å². The first kappa shape index (κ1) is 28.6. The summed E-state index contributed by atoms with van der Waals surface area (Å²) in [5, 5.41) is 25.0. The monoisotopic (exact) mass is 532 g/mol. The molecule has 0 bridgehead atoms. The number of ether oxygens (including phenoxy) is 1. The number of hydrogen-bond acceptors (Lipinski definition) is 7. The summed E-state index contributed by atoms with van der Waals surface area (Å²) in [5.41, 5.74) is 0.434. The minimum atomic E-state index is -0.726. The Morgan fingerprint density at radius 1 is 1.19 bits per heavy atom. The number of fused-ring (bicyclic) bond motifs is 1. The molecule has 1 aromatic rings. The van der Waals surface area contributed by atoms with Crippen molar-refractivity contribution in [3.63, 3.8) is 0 Å². The maximum Gasteiger partial charge on any atom is 0.342 e. The van der Waals surface area contributed by atoms with Crippen LogP contribution in [0.15, 0.2) is 35.5 Å². The van der Waals surface area contributed by atoms with Crippen LogP contribution < -0.4 is 0 Å². The smallest absolute Gasteiger partial charge is 0.342 e. The second-order valence-electron chi connectivity index (χ2n) is 9.65. The number of oxime groups is 1. The van der Waals surface area contributed by atoms with Gasteiger partial charge in [0, 0.05) is 32.0 Å². The number of halogens is 1. The predicted molar refractivity (Wildman–Crippen MR) is 143 cm³/mol. The normalized spacial score (nSPS) is 24.0. The van der Waals surface area contributed by atoms with E-state index in [0.717, 1.165) is 38.2 Å². The summed E-state index contributed by atoms with van der Waals surface area (Å²) >= 11 is 6.41. The van der Waals surface area contributed by atoms with Gasteiger partial charge in [-0.25, -0.2) is 4.79 Å². The molecule has 8 nitrogen and oxygen atoms in total. The summed E-state index contributed by atoms with van der Waals surface area (Å²) < 4.78 is 5.76. The Morgan fingerprint density at radius 2 is 1.95 bits per heavy atom. The number of cyclic esters (lactones) is 1. The van der Waals surface area contributed by atoms with Crippen molar-refractivity contribution in [2.24, 2.45) is 11.1 Å². The zero-order valence-electron chi connectivity index (χ0n) is 21.6. The number of phenolic OH excluding ortho intramolecular Hbond substituents is 2. The van der Waals surface area contributed by atoms with Crippen molar-refractivity contribution in [3.8, 4) is 11.5 Å². The number of benzene rings is 1. The lowest BCUT2D eigenvalue weighted by Crippen LogP contribution is -2.37. The van der Waals surface area contributed by atoms with Gasteiger partial charge < -0.3 is 24.7 Å². The highest BCUT2D eigenvalue weighted by Crippen LogP contribution is 2.37. The number of hydrogen-bond donors (Lipinski definition) is 2. The molecular weight excluding hydrogens is 496 g/mol. The van der Waals surface area contributed by atoms with Gasteiger partial charge in [0.1, 0.15) is 23.2 Å². The van der Waals surface area contributed by atoms with Crippen LogP contribution in [0.3, 0.4) is 0 Å². The molecule has 9 heteroatoms. The summed E-state index contributed by atoms with van der Waals surface area (Å²) in [5.74, 6) is -1.41. The fourth-order valence-electron chi connectivity index (χ4n) is 4.50. The lowest BCUT2D eigenvalue weighted by molar-refractivity contribution is -0.137. The number of aromatic hydroxyl groups is 2. The van der Waals surface area contributed by atoms with E-state index < -0.39 is 11.7 Å². The highest BCUT2D eigenvalue weighted by molar-refractivity contribution is 6.33. The van der Waals surface area contributed by atoms with Crippen molar-refractivity contribution in [3.05, 3.63) is 46.5 Å². The Bertz CT molecular complexity index is 1050. The molecule has 1 amide bonds. The average Bonchev–Trinajstić information content (AvgIpc) is 2.87. The number of carbonyl (C=O) groups excluding carboxylic acids is 2. The average molecular weight is 533 g/mol. The Kier molecular flexibility index (Phi) is 10.9. The first-order chi connectivity index (χ1) is 17.8. The maximum absolute atomic E-state index is 13.2. The molecule has 1 fully saturated rings. The molecule has 3 rings (SSSR count). The third kappa shape index (κ3) is 8.25. The van der Waals surface area contributed by atoms with Crippen molar-refractivity contribution in [1.29, 1.82) is 0 Å². The van der Waals surface area contributed by atoms with Gasteiger partial charge in [-0.05, 0) is 49.7 Å². The molecule has 0 spiro atoms. The van der Waals surface area contributed by atoms with Crippen molar-refractivity contribution in [2.75, 3.05) is 19.7 Å². The van der Waals surface area contributed by atoms with Gasteiger partial charge in [0.25, 0.3) is 5.91 Å². The highest BCUT2D eigenvalue weighted by Gasteiger charge is 2.26. The summed E-state index contributed by atoms with van der Waals surface area (Å²) in [6, 6.07) is 1.03. The molecule has 0 radical (unpaired) electrons. The second-order valence-corrected chi connectivity index (χ2v) is 10.0. The van der Waals surface area contributed by atoms with Gasteiger partial charge in [0.05, 0.1) is 10.7 Å². The van der Waals surface area contributed by atoms with Gasteiger partial charge in [-0.3, -0.25) is 4.79 Å². The van der Waals surface area contributed by atoms with E-state index in [1.54, 1.807) is 11.0 Å². The van der Waals surface area contributed by atoms with E-state index in [1.807, 2.05) is 19.1 Å². The number of rotatable bonds is 5. The lowest BCUT2D eigenvalue weighted by atomic mass is 9.98. The van der Waals surface area contributed by atoms with Crippen LogP contribution in [0.2, 0.25) is 5.02 Å². The third-order valence-electron chi connectivity index (χ3n) is 6.53. The molecule has 202 valence electrons. The largest absolute Gasteiger partial charge is 0.507 e. The van der Waals surface area contributed by atoms with E-state index in [9.17, 15) is 19.8 Å². The zero-order chi connectivity index (χ0) is 26.8. The molecule has 0 aliphatic carbocycles. The van der Waals surface area contributed by atoms with Crippen LogP contribution in [0.25, 0.3) is 0 Å². The van der Waals surface area contributed by atoms with Gasteiger partial charge in [-0.15, -0.1) is 0 Å². The Hall–Kier alpha value is -3.00. The highest BCUT2D eigenvalue weighted by atomic mass is 35.5. The molecule has 0 saturated carbocycles. The standard InChI is InChI=1S/C28H37ClN2O6/c1-3-9-21-13-8-11-19(2)10-7-12-20(30-36-18-25(34)31-14-5-4-6-15-31)16-22-26(28(35)37-21)23(32)17-24(33)27(22)29/h7-8,11-12,17,19,21,32-33H,3-6,9-10,13-16,18H2,1-2H3/b11-8+,12-7+,30-20-. The first-order valence-electron chi connectivity index (χ1n) is 13.0. The van der Waals surface area contributed by atoms with Gasteiger partial charge >= 0.3 is 5.97 Å². The van der Waals surface area contributed by atoms with Crippen LogP contribution >= 0.6 is 11.6 Å². The molecule has 2 unspecified atom stereocenters. The number of piperidine rings is 1. The number of phenols is 2. The van der Waals surface area contributed by atoms with E-state index in [-0.39, 0.29) is 52.9 Å². The number of amides is 1. The molecule has 2 N–H and O–H groups in total. The number of allylic oxidation sites excluding steroid dienone is 3. The van der Waals surface area contributed by atoms with Crippen LogP contribution in [-0.4, -0.2) is 58.5 Å². The third-order valence-corrected chi connectivity index (χ3v) is 6.95. The Labute approximate surface area is 223 Å². The fourth-order valence-corrected chi connectivity index (χ4v) is 4.72. The van der Waals surface area contributed by atoms with Crippen LogP contribution in [-0.2, 0) is 20.8 Å². The zero-order valence-corrected chi connectivity index (χ0v) is 22.4. The van der Waals surface area contributed by atoms with Gasteiger partial charge in [0.2, 0.25) is 0 Å². The second kappa shape index (κ2) is 14.1. The minimum Gasteiger partial charge on any atom is -0.507 e. The van der Waals surface area contributed by atoms with Crippen molar-refractivity contribution < 1.29 is 29.4 Å². The van der Waals surface area contributed by atoms with Gasteiger partial charge in [-0.2, -0.15) is 0 Å². The molecule has 2 atom stereocenters.